The van der Waals surface area contributed by atoms with Crippen LogP contribution in [-0.4, -0.2) is 27.5 Å². The minimum absolute atomic E-state index is 0.0418. The Morgan fingerprint density at radius 2 is 1.94 bits per heavy atom. The molecule has 5 rings (SSSR count). The molecule has 7 nitrogen and oxygen atoms in total. The van der Waals surface area contributed by atoms with Crippen molar-refractivity contribution in [2.75, 3.05) is 5.32 Å². The molecule has 1 atom stereocenters. The van der Waals surface area contributed by atoms with Crippen molar-refractivity contribution in [2.45, 2.75) is 84.3 Å². The van der Waals surface area contributed by atoms with Crippen LogP contribution in [0.5, 0.6) is 0 Å². The zero-order valence-corrected chi connectivity index (χ0v) is 21.1. The number of carbonyl (C=O) groups is 2. The molecule has 1 N–H and O–H groups in total. The van der Waals surface area contributed by atoms with Crippen molar-refractivity contribution in [2.24, 2.45) is 0 Å². The van der Waals surface area contributed by atoms with Gasteiger partial charge in [0.05, 0.1) is 22.6 Å². The van der Waals surface area contributed by atoms with E-state index < -0.39 is 0 Å². The molecule has 184 valence electrons. The molecule has 0 fully saturated rings. The number of aryl methyl sites for hydroxylation is 2. The van der Waals surface area contributed by atoms with E-state index in [0.29, 0.717) is 33.6 Å². The summed E-state index contributed by atoms with van der Waals surface area (Å²) in [5, 5.41) is 4.05. The number of anilines is 1. The van der Waals surface area contributed by atoms with E-state index in [0.717, 1.165) is 74.1 Å². The molecule has 3 aromatic rings. The van der Waals surface area contributed by atoms with Gasteiger partial charge in [-0.25, -0.2) is 9.78 Å². The van der Waals surface area contributed by atoms with Crippen molar-refractivity contribution < 1.29 is 14.3 Å². The van der Waals surface area contributed by atoms with Gasteiger partial charge < -0.3 is 10.1 Å². The van der Waals surface area contributed by atoms with Gasteiger partial charge in [0.15, 0.2) is 0 Å². The largest absolute Gasteiger partial charge is 0.459 e. The molecule has 35 heavy (non-hydrogen) atoms. The number of rotatable bonds is 5. The zero-order chi connectivity index (χ0) is 24.5. The fraction of sp³-hybridized carbons (Fsp3) is 0.481. The maximum absolute atomic E-state index is 13.3. The molecular formula is C27H31N3O4S. The third kappa shape index (κ3) is 4.63. The van der Waals surface area contributed by atoms with Gasteiger partial charge in [-0.2, -0.15) is 0 Å². The molecule has 2 aromatic heterocycles. The Labute approximate surface area is 208 Å². The number of fused-ring (bicyclic) bond motifs is 3. The number of nitrogens with one attached hydrogen (secondary N) is 1. The Morgan fingerprint density at radius 3 is 2.77 bits per heavy atom. The average Bonchev–Trinajstić information content (AvgIpc) is 3.04. The number of ether oxygens (including phenoxy) is 1. The quantitative estimate of drug-likeness (QED) is 0.489. The molecule has 2 aliphatic rings. The number of esters is 1. The van der Waals surface area contributed by atoms with Crippen LogP contribution in [0, 0.1) is 0 Å². The molecular weight excluding hydrogens is 462 g/mol. The first kappa shape index (κ1) is 23.7. The number of benzene rings is 1. The number of aromatic nitrogens is 2. The Morgan fingerprint density at radius 1 is 1.14 bits per heavy atom. The van der Waals surface area contributed by atoms with E-state index in [1.165, 1.54) is 11.3 Å². The summed E-state index contributed by atoms with van der Waals surface area (Å²) in [6.07, 6.45) is 8.22. The summed E-state index contributed by atoms with van der Waals surface area (Å²) in [5.41, 5.74) is 2.43. The molecule has 1 amide bonds. The third-order valence-corrected chi connectivity index (χ3v) is 8.27. The first-order valence-electron chi connectivity index (χ1n) is 12.7. The van der Waals surface area contributed by atoms with Crippen LogP contribution in [0.4, 0.5) is 5.00 Å². The predicted molar refractivity (Wildman–Crippen MR) is 138 cm³/mol. The Kier molecular flexibility index (Phi) is 6.73. The van der Waals surface area contributed by atoms with Crippen LogP contribution in [0.15, 0.2) is 23.0 Å². The molecule has 3 heterocycles. The summed E-state index contributed by atoms with van der Waals surface area (Å²) >= 11 is 1.47. The number of thiophene rings is 1. The summed E-state index contributed by atoms with van der Waals surface area (Å²) in [5.74, 6) is 0.100. The van der Waals surface area contributed by atoms with Gasteiger partial charge in [-0.1, -0.05) is 13.3 Å². The molecule has 0 radical (unpaired) electrons. The van der Waals surface area contributed by atoms with Gasteiger partial charge in [-0.3, -0.25) is 14.2 Å². The molecule has 1 aromatic carbocycles. The van der Waals surface area contributed by atoms with Gasteiger partial charge in [0.1, 0.15) is 10.8 Å². The lowest BCUT2D eigenvalue weighted by Crippen LogP contribution is -2.24. The number of carbonyl (C=O) groups excluding carboxylic acids is 2. The topological polar surface area (TPSA) is 90.3 Å². The van der Waals surface area contributed by atoms with E-state index in [2.05, 4.69) is 5.32 Å². The predicted octanol–water partition coefficient (Wildman–Crippen LogP) is 5.27. The second-order valence-electron chi connectivity index (χ2n) is 9.52. The summed E-state index contributed by atoms with van der Waals surface area (Å²) < 4.78 is 7.42. The van der Waals surface area contributed by atoms with Crippen molar-refractivity contribution in [3.8, 4) is 0 Å². The van der Waals surface area contributed by atoms with Crippen molar-refractivity contribution in [3.63, 3.8) is 0 Å². The highest BCUT2D eigenvalue weighted by atomic mass is 32.1. The van der Waals surface area contributed by atoms with Gasteiger partial charge in [0, 0.05) is 23.4 Å². The summed E-state index contributed by atoms with van der Waals surface area (Å²) in [7, 11) is 0. The fourth-order valence-electron chi connectivity index (χ4n) is 4.93. The number of nitrogens with zero attached hydrogens (tertiary/aromatic N) is 2. The van der Waals surface area contributed by atoms with Gasteiger partial charge in [-0.05, 0) is 75.6 Å². The normalized spacial score (nSPS) is 16.2. The Bertz CT molecular complexity index is 1360. The standard InChI is InChI=1S/C27H31N3O4S/c1-3-16(2)34-27(33)23-19-9-6-7-10-21(19)35-25(23)29-24(31)17-12-13-18-20(15-17)28-22-11-5-4-8-14-30(22)26(18)32/h12-13,15-16H,3-11,14H2,1-2H3,(H,29,31)/t16-/m1/s1. The second-order valence-corrected chi connectivity index (χ2v) is 10.6. The van der Waals surface area contributed by atoms with Crippen LogP contribution >= 0.6 is 11.3 Å². The zero-order valence-electron chi connectivity index (χ0n) is 20.3. The molecule has 1 aliphatic carbocycles. The van der Waals surface area contributed by atoms with E-state index in [-0.39, 0.29) is 23.5 Å². The first-order chi connectivity index (χ1) is 17.0. The number of hydrogen-bond acceptors (Lipinski definition) is 6. The van der Waals surface area contributed by atoms with E-state index in [1.54, 1.807) is 22.8 Å². The van der Waals surface area contributed by atoms with Gasteiger partial charge in [-0.15, -0.1) is 11.3 Å². The Balaban J connectivity index is 1.47. The molecule has 0 saturated heterocycles. The van der Waals surface area contributed by atoms with Crippen molar-refractivity contribution in [1.82, 2.24) is 9.55 Å². The van der Waals surface area contributed by atoms with Crippen LogP contribution in [0.25, 0.3) is 10.9 Å². The molecule has 0 bridgehead atoms. The highest BCUT2D eigenvalue weighted by Gasteiger charge is 2.28. The van der Waals surface area contributed by atoms with E-state index >= 15 is 0 Å². The summed E-state index contributed by atoms with van der Waals surface area (Å²) in [4.78, 5) is 45.2. The van der Waals surface area contributed by atoms with Crippen molar-refractivity contribution in [3.05, 3.63) is 55.9 Å². The maximum atomic E-state index is 13.3. The lowest BCUT2D eigenvalue weighted by atomic mass is 9.95. The first-order valence-corrected chi connectivity index (χ1v) is 13.5. The monoisotopic (exact) mass is 493 g/mol. The van der Waals surface area contributed by atoms with E-state index in [9.17, 15) is 14.4 Å². The highest BCUT2D eigenvalue weighted by molar-refractivity contribution is 7.17. The SMILES string of the molecule is CC[C@@H](C)OC(=O)c1c(NC(=O)c2ccc3c(=O)n4c(nc3c2)CCCCC4)sc2c1CCCC2. The fourth-order valence-corrected chi connectivity index (χ4v) is 6.20. The number of hydrogen-bond donors (Lipinski definition) is 1. The molecule has 8 heteroatoms. The minimum atomic E-state index is -0.370. The number of amides is 1. The molecule has 0 unspecified atom stereocenters. The molecule has 0 saturated carbocycles. The van der Waals surface area contributed by atoms with Crippen LogP contribution in [-0.2, 0) is 30.5 Å². The van der Waals surface area contributed by atoms with Crippen LogP contribution in [0.2, 0.25) is 0 Å². The maximum Gasteiger partial charge on any atom is 0.341 e. The van der Waals surface area contributed by atoms with Crippen LogP contribution < -0.4 is 10.9 Å². The van der Waals surface area contributed by atoms with Crippen LogP contribution in [0.3, 0.4) is 0 Å². The summed E-state index contributed by atoms with van der Waals surface area (Å²) in [6.45, 7) is 4.54. The Hall–Kier alpha value is -3.00. The smallest absolute Gasteiger partial charge is 0.341 e. The minimum Gasteiger partial charge on any atom is -0.459 e. The summed E-state index contributed by atoms with van der Waals surface area (Å²) in [6, 6.07) is 5.03. The average molecular weight is 494 g/mol. The molecule has 1 aliphatic heterocycles. The van der Waals surface area contributed by atoms with Crippen molar-refractivity contribution in [1.29, 1.82) is 0 Å². The van der Waals surface area contributed by atoms with E-state index in [1.807, 2.05) is 13.8 Å². The lowest BCUT2D eigenvalue weighted by molar-refractivity contribution is 0.0335. The van der Waals surface area contributed by atoms with Crippen LogP contribution in [0.1, 0.15) is 89.4 Å². The highest BCUT2D eigenvalue weighted by Crippen LogP contribution is 2.39. The van der Waals surface area contributed by atoms with Gasteiger partial charge >= 0.3 is 5.97 Å². The lowest BCUT2D eigenvalue weighted by Gasteiger charge is -2.15. The molecule has 0 spiro atoms. The second kappa shape index (κ2) is 9.93. The van der Waals surface area contributed by atoms with Gasteiger partial charge in [0.25, 0.3) is 11.5 Å². The van der Waals surface area contributed by atoms with Gasteiger partial charge in [0.2, 0.25) is 0 Å². The third-order valence-electron chi connectivity index (χ3n) is 7.06. The van der Waals surface area contributed by atoms with E-state index in [4.69, 9.17) is 9.72 Å². The van der Waals surface area contributed by atoms with Crippen molar-refractivity contribution >= 4 is 39.1 Å².